The van der Waals surface area contributed by atoms with Crippen molar-refractivity contribution in [3.63, 3.8) is 0 Å². The Morgan fingerprint density at radius 3 is 3.06 bits per heavy atom. The fourth-order valence-electron chi connectivity index (χ4n) is 2.58. The van der Waals surface area contributed by atoms with Crippen molar-refractivity contribution < 1.29 is 0 Å². The molecule has 3 heteroatoms. The van der Waals surface area contributed by atoms with E-state index in [1.54, 1.807) is 0 Å². The van der Waals surface area contributed by atoms with E-state index < -0.39 is 0 Å². The largest absolute Gasteiger partial charge is 0.371 e. The molecule has 0 aromatic heterocycles. The number of aliphatic imine (C=N–C) groups is 1. The number of hydrogen-bond donors (Lipinski definition) is 1. The molecule has 0 fully saturated rings. The van der Waals surface area contributed by atoms with Gasteiger partial charge in [-0.3, -0.25) is 9.89 Å². The maximum absolute atomic E-state index is 4.46. The lowest BCUT2D eigenvalue weighted by molar-refractivity contribution is 0.262. The number of hydrogen-bond acceptors (Lipinski definition) is 3. The number of rotatable bonds is 2. The summed E-state index contributed by atoms with van der Waals surface area (Å²) in [6.45, 7) is 6.23. The summed E-state index contributed by atoms with van der Waals surface area (Å²) in [5, 5.41) is 3.34. The fraction of sp³-hybridized carbons (Fsp3) is 0.462. The number of benzene rings is 1. The van der Waals surface area contributed by atoms with E-state index in [2.05, 4.69) is 46.4 Å². The Labute approximate surface area is 96.2 Å². The van der Waals surface area contributed by atoms with Gasteiger partial charge in [0.05, 0.1) is 13.1 Å². The highest BCUT2D eigenvalue weighted by molar-refractivity contribution is 5.85. The van der Waals surface area contributed by atoms with E-state index in [1.807, 2.05) is 0 Å². The highest BCUT2D eigenvalue weighted by atomic mass is 15.2. The van der Waals surface area contributed by atoms with Crippen LogP contribution in [-0.4, -0.2) is 30.4 Å². The van der Waals surface area contributed by atoms with Gasteiger partial charge in [-0.2, -0.15) is 0 Å². The maximum atomic E-state index is 4.46. The summed E-state index contributed by atoms with van der Waals surface area (Å²) >= 11 is 0. The molecule has 0 saturated carbocycles. The van der Waals surface area contributed by atoms with Gasteiger partial charge in [0.1, 0.15) is 5.84 Å². The Kier molecular flexibility index (Phi) is 2.40. The molecular formula is C13H17N3. The lowest BCUT2D eigenvalue weighted by Gasteiger charge is -2.21. The van der Waals surface area contributed by atoms with Crippen molar-refractivity contribution in [2.24, 2.45) is 4.99 Å². The van der Waals surface area contributed by atoms with Gasteiger partial charge >= 0.3 is 0 Å². The zero-order valence-corrected chi connectivity index (χ0v) is 9.61. The van der Waals surface area contributed by atoms with E-state index in [0.29, 0.717) is 6.04 Å². The molecule has 16 heavy (non-hydrogen) atoms. The van der Waals surface area contributed by atoms with Gasteiger partial charge in [0.25, 0.3) is 0 Å². The standard InChI is InChI=1S/C13H17N3/c1-10-12-5-3-2-4-11(12)8-16(10)9-13-14-6-7-15-13/h2-5,10H,6-9H2,1H3,(H,14,15)/t10-/m1/s1. The molecule has 0 radical (unpaired) electrons. The second-order valence-corrected chi connectivity index (χ2v) is 4.53. The molecule has 0 amide bonds. The molecule has 1 atom stereocenters. The van der Waals surface area contributed by atoms with Crippen LogP contribution in [0.15, 0.2) is 29.3 Å². The Bertz CT molecular complexity index is 425. The van der Waals surface area contributed by atoms with Crippen molar-refractivity contribution >= 4 is 5.84 Å². The molecule has 3 nitrogen and oxygen atoms in total. The molecule has 3 rings (SSSR count). The summed E-state index contributed by atoms with van der Waals surface area (Å²) in [7, 11) is 0. The van der Waals surface area contributed by atoms with Crippen molar-refractivity contribution in [1.29, 1.82) is 0 Å². The number of fused-ring (bicyclic) bond motifs is 1. The van der Waals surface area contributed by atoms with Gasteiger partial charge < -0.3 is 5.32 Å². The summed E-state index contributed by atoms with van der Waals surface area (Å²) in [6.07, 6.45) is 0. The summed E-state index contributed by atoms with van der Waals surface area (Å²) < 4.78 is 0. The zero-order valence-electron chi connectivity index (χ0n) is 9.61. The number of nitrogens with zero attached hydrogens (tertiary/aromatic N) is 2. The van der Waals surface area contributed by atoms with Gasteiger partial charge in [-0.05, 0) is 18.1 Å². The average molecular weight is 215 g/mol. The molecule has 2 aliphatic heterocycles. The van der Waals surface area contributed by atoms with Gasteiger partial charge in [0.2, 0.25) is 0 Å². The van der Waals surface area contributed by atoms with E-state index in [9.17, 15) is 0 Å². The molecule has 2 heterocycles. The molecule has 2 aliphatic rings. The molecular weight excluding hydrogens is 198 g/mol. The van der Waals surface area contributed by atoms with Gasteiger partial charge in [-0.1, -0.05) is 24.3 Å². The summed E-state index contributed by atoms with van der Waals surface area (Å²) in [6, 6.07) is 9.24. The van der Waals surface area contributed by atoms with Crippen LogP contribution in [0.1, 0.15) is 24.1 Å². The fourth-order valence-corrected chi connectivity index (χ4v) is 2.58. The van der Waals surface area contributed by atoms with E-state index in [0.717, 1.165) is 32.0 Å². The first-order valence-electron chi connectivity index (χ1n) is 5.93. The van der Waals surface area contributed by atoms with Gasteiger partial charge in [0.15, 0.2) is 0 Å². The predicted octanol–water partition coefficient (Wildman–Crippen LogP) is 1.56. The quantitative estimate of drug-likeness (QED) is 0.811. The van der Waals surface area contributed by atoms with Crippen molar-refractivity contribution in [2.45, 2.75) is 19.5 Å². The van der Waals surface area contributed by atoms with Crippen LogP contribution in [0.3, 0.4) is 0 Å². The SMILES string of the molecule is C[C@@H]1c2ccccc2CN1CC1=NCCN1. The first-order chi connectivity index (χ1) is 7.84. The summed E-state index contributed by atoms with van der Waals surface area (Å²) in [4.78, 5) is 6.93. The van der Waals surface area contributed by atoms with Crippen LogP contribution in [0.5, 0.6) is 0 Å². The lowest BCUT2D eigenvalue weighted by atomic mass is 10.1. The maximum Gasteiger partial charge on any atom is 0.111 e. The minimum absolute atomic E-state index is 0.515. The molecule has 0 spiro atoms. The Morgan fingerprint density at radius 2 is 2.31 bits per heavy atom. The van der Waals surface area contributed by atoms with Gasteiger partial charge in [-0.25, -0.2) is 0 Å². The van der Waals surface area contributed by atoms with Crippen LogP contribution >= 0.6 is 0 Å². The van der Waals surface area contributed by atoms with Gasteiger partial charge in [0, 0.05) is 19.1 Å². The highest BCUT2D eigenvalue weighted by Gasteiger charge is 2.27. The van der Waals surface area contributed by atoms with Crippen LogP contribution in [0.2, 0.25) is 0 Å². The summed E-state index contributed by atoms with van der Waals surface area (Å²) in [5.74, 6) is 1.15. The topological polar surface area (TPSA) is 27.6 Å². The van der Waals surface area contributed by atoms with Crippen LogP contribution in [-0.2, 0) is 6.54 Å². The van der Waals surface area contributed by atoms with Crippen LogP contribution in [0.25, 0.3) is 0 Å². The lowest BCUT2D eigenvalue weighted by Crippen LogP contribution is -2.33. The Balaban J connectivity index is 1.76. The number of amidine groups is 1. The second kappa shape index (κ2) is 3.91. The van der Waals surface area contributed by atoms with Crippen molar-refractivity contribution in [3.05, 3.63) is 35.4 Å². The highest BCUT2D eigenvalue weighted by Crippen LogP contribution is 2.32. The average Bonchev–Trinajstić information content (AvgIpc) is 2.90. The van der Waals surface area contributed by atoms with E-state index in [1.165, 1.54) is 11.1 Å². The van der Waals surface area contributed by atoms with Crippen molar-refractivity contribution in [3.8, 4) is 0 Å². The molecule has 0 unspecified atom stereocenters. The molecule has 0 saturated heterocycles. The van der Waals surface area contributed by atoms with E-state index in [-0.39, 0.29) is 0 Å². The monoisotopic (exact) mass is 215 g/mol. The molecule has 0 bridgehead atoms. The molecule has 84 valence electrons. The minimum Gasteiger partial charge on any atom is -0.371 e. The van der Waals surface area contributed by atoms with Crippen LogP contribution < -0.4 is 5.32 Å². The Hall–Kier alpha value is -1.35. The van der Waals surface area contributed by atoms with Crippen LogP contribution in [0.4, 0.5) is 0 Å². The molecule has 1 aromatic rings. The van der Waals surface area contributed by atoms with Crippen LogP contribution in [0, 0.1) is 0 Å². The third kappa shape index (κ3) is 1.61. The molecule has 0 aliphatic carbocycles. The first-order valence-corrected chi connectivity index (χ1v) is 5.93. The minimum atomic E-state index is 0.515. The van der Waals surface area contributed by atoms with Crippen molar-refractivity contribution in [1.82, 2.24) is 10.2 Å². The predicted molar refractivity (Wildman–Crippen MR) is 65.6 cm³/mol. The third-order valence-electron chi connectivity index (χ3n) is 3.52. The number of nitrogens with one attached hydrogen (secondary N) is 1. The van der Waals surface area contributed by atoms with E-state index in [4.69, 9.17) is 0 Å². The second-order valence-electron chi connectivity index (χ2n) is 4.53. The molecule has 1 aromatic carbocycles. The van der Waals surface area contributed by atoms with Crippen molar-refractivity contribution in [2.75, 3.05) is 19.6 Å². The summed E-state index contributed by atoms with van der Waals surface area (Å²) in [5.41, 5.74) is 2.94. The van der Waals surface area contributed by atoms with Gasteiger partial charge in [-0.15, -0.1) is 0 Å². The Morgan fingerprint density at radius 1 is 1.44 bits per heavy atom. The first kappa shape index (κ1) is 9.85. The third-order valence-corrected chi connectivity index (χ3v) is 3.52. The zero-order chi connectivity index (χ0) is 11.0. The normalized spacial score (nSPS) is 24.1. The van der Waals surface area contributed by atoms with E-state index >= 15 is 0 Å². The smallest absolute Gasteiger partial charge is 0.111 e. The molecule has 1 N–H and O–H groups in total.